The van der Waals surface area contributed by atoms with Crippen LogP contribution in [0.1, 0.15) is 44.4 Å². The van der Waals surface area contributed by atoms with E-state index in [9.17, 15) is 0 Å². The van der Waals surface area contributed by atoms with Crippen LogP contribution in [-0.4, -0.2) is 32.3 Å². The summed E-state index contributed by atoms with van der Waals surface area (Å²) in [5.41, 5.74) is 10.8. The first kappa shape index (κ1) is 37.5. The Hall–Kier alpha value is -1.28. The van der Waals surface area contributed by atoms with Crippen LogP contribution in [0, 0.1) is 20.8 Å². The van der Waals surface area contributed by atoms with E-state index in [0.29, 0.717) is 0 Å². The second kappa shape index (κ2) is 12.6. The van der Waals surface area contributed by atoms with Gasteiger partial charge in [-0.05, 0) is 0 Å². The molecule has 0 aliphatic heterocycles. The number of allylic oxidation sites excluding steroid dienone is 4. The van der Waals surface area contributed by atoms with Crippen LogP contribution in [0.5, 0.6) is 0 Å². The number of aryl methyl sites for hydroxylation is 3. The normalized spacial score (nSPS) is 16.0. The van der Waals surface area contributed by atoms with Gasteiger partial charge in [-0.2, -0.15) is 0 Å². The number of hydrogen-bond acceptors (Lipinski definition) is 0. The molecule has 0 spiro atoms. The maximum absolute atomic E-state index is 2.81. The summed E-state index contributed by atoms with van der Waals surface area (Å²) in [6, 6.07) is 23.8. The second-order valence-corrected chi connectivity index (χ2v) is 42.3. The molecule has 0 nitrogen and oxygen atoms in total. The van der Waals surface area contributed by atoms with Crippen molar-refractivity contribution in [2.24, 2.45) is 0 Å². The number of rotatable bonds is 8. The number of benzene rings is 3. The van der Waals surface area contributed by atoms with Gasteiger partial charge in [0.2, 0.25) is 0 Å². The molecular weight excluding hydrogens is 653 g/mol. The second-order valence-electron chi connectivity index (χ2n) is 18.0. The third-order valence-electron chi connectivity index (χ3n) is 11.3. The van der Waals surface area contributed by atoms with E-state index in [0.717, 1.165) is 0 Å². The van der Waals surface area contributed by atoms with E-state index in [1.165, 1.54) is 16.7 Å². The zero-order valence-electron chi connectivity index (χ0n) is 32.7. The molecule has 1 aliphatic rings. The summed E-state index contributed by atoms with van der Waals surface area (Å²) >= 11 is -1.80. The standard InChI is InChI=1S/C39H57Si4.2CH3.Ti/c1-26-17-33(40(8,9)10)23-36(20-26)43(39-31(6)29(4)30(5)32(39)7,37-21-27(2)18-34(24-37)41(11,12)13)38-22-28(3)19-35(25-38)42(14,15)16;;;/h17-25H,1-16H3;2*1H3;. The molecule has 0 saturated carbocycles. The minimum absolute atomic E-state index is 0.0701. The Balaban J connectivity index is 2.49. The third kappa shape index (κ3) is 6.18. The molecule has 247 valence electrons. The zero-order valence-corrected chi connectivity index (χ0v) is 38.3. The molecule has 0 atom stereocenters. The maximum atomic E-state index is 2.76. The predicted molar refractivity (Wildman–Crippen MR) is 218 cm³/mol. The van der Waals surface area contributed by atoms with Crippen LogP contribution < -0.4 is 31.1 Å². The summed E-state index contributed by atoms with van der Waals surface area (Å²) in [7, 11) is -7.63. The van der Waals surface area contributed by atoms with Crippen molar-refractivity contribution in [3.05, 3.63) is 93.6 Å². The van der Waals surface area contributed by atoms with Crippen LogP contribution in [-0.2, 0) is 17.9 Å². The summed E-state index contributed by atoms with van der Waals surface area (Å²) in [6.45, 7) is 39.9. The van der Waals surface area contributed by atoms with Gasteiger partial charge in [-0.3, -0.25) is 0 Å². The van der Waals surface area contributed by atoms with Crippen molar-refractivity contribution in [2.75, 3.05) is 0 Å². The van der Waals surface area contributed by atoms with Gasteiger partial charge in [0.15, 0.2) is 0 Å². The molecule has 0 saturated heterocycles. The fourth-order valence-electron chi connectivity index (χ4n) is 8.54. The van der Waals surface area contributed by atoms with E-state index < -0.39 is 50.2 Å². The predicted octanol–water partition coefficient (Wildman–Crippen LogP) is 8.82. The first-order valence-corrected chi connectivity index (χ1v) is 33.9. The summed E-state index contributed by atoms with van der Waals surface area (Å²) in [5.74, 6) is 0. The summed E-state index contributed by atoms with van der Waals surface area (Å²) in [6.07, 6.45) is 0. The van der Waals surface area contributed by atoms with Crippen molar-refractivity contribution < 1.29 is 17.9 Å². The summed E-state index contributed by atoms with van der Waals surface area (Å²) in [4.78, 5) is 0. The summed E-state index contributed by atoms with van der Waals surface area (Å²) in [5, 5.41) is 15.2. The molecule has 46 heavy (non-hydrogen) atoms. The van der Waals surface area contributed by atoms with Gasteiger partial charge in [-0.1, -0.05) is 0 Å². The molecule has 0 amide bonds. The van der Waals surface area contributed by atoms with Crippen LogP contribution in [0.4, 0.5) is 0 Å². The fraction of sp³-hybridized carbons (Fsp3) is 0.463. The Labute approximate surface area is 294 Å². The van der Waals surface area contributed by atoms with Crippen molar-refractivity contribution >= 4 is 63.4 Å². The topological polar surface area (TPSA) is 0 Å². The minimum atomic E-state index is -2.81. The first-order chi connectivity index (χ1) is 20.9. The van der Waals surface area contributed by atoms with Gasteiger partial charge in [0.25, 0.3) is 0 Å². The molecule has 4 rings (SSSR count). The van der Waals surface area contributed by atoms with Gasteiger partial charge in [0, 0.05) is 0 Å². The number of hydrogen-bond donors (Lipinski definition) is 0. The quantitative estimate of drug-likeness (QED) is 0.162. The molecule has 0 bridgehead atoms. The van der Waals surface area contributed by atoms with Crippen molar-refractivity contribution in [1.82, 2.24) is 0 Å². The molecule has 0 fully saturated rings. The van der Waals surface area contributed by atoms with Gasteiger partial charge in [0.05, 0.1) is 0 Å². The van der Waals surface area contributed by atoms with E-state index in [2.05, 4.69) is 172 Å². The first-order valence-electron chi connectivity index (χ1n) is 17.4. The Morgan fingerprint density at radius 2 is 0.630 bits per heavy atom. The summed E-state index contributed by atoms with van der Waals surface area (Å²) < 4.78 is 0.0701. The Morgan fingerprint density at radius 1 is 0.391 bits per heavy atom. The SMILES string of the molecule is CC1=C(C)[C]([Ti]([CH3])[CH3])([Si](c2cc(C)cc([Si](C)(C)C)c2)(c2cc(C)cc([Si](C)(C)C)c2)c2cc(C)cc([Si](C)(C)C)c2)C(C)=C1C. The molecule has 0 N–H and O–H groups in total. The van der Waals surface area contributed by atoms with Gasteiger partial charge >= 0.3 is 296 Å². The van der Waals surface area contributed by atoms with E-state index in [1.54, 1.807) is 53.4 Å². The molecule has 1 aliphatic carbocycles. The average molecular weight is 716 g/mol. The van der Waals surface area contributed by atoms with Gasteiger partial charge in [-0.25, -0.2) is 0 Å². The van der Waals surface area contributed by atoms with Crippen molar-refractivity contribution in [2.45, 2.75) is 121 Å². The average Bonchev–Trinajstić information content (AvgIpc) is 3.08. The Morgan fingerprint density at radius 3 is 0.848 bits per heavy atom. The van der Waals surface area contributed by atoms with Gasteiger partial charge < -0.3 is 0 Å². The van der Waals surface area contributed by atoms with E-state index in [1.807, 2.05) is 0 Å². The Bertz CT molecular complexity index is 1560. The molecule has 3 aromatic carbocycles. The van der Waals surface area contributed by atoms with Gasteiger partial charge in [0.1, 0.15) is 0 Å². The molecule has 0 radical (unpaired) electrons. The molecular formula is C41H63Si4Ti. The molecule has 0 aromatic heterocycles. The van der Waals surface area contributed by atoms with Crippen molar-refractivity contribution in [3.63, 3.8) is 0 Å². The Kier molecular flexibility index (Phi) is 10.2. The third-order valence-corrected chi connectivity index (χ3v) is 30.0. The fourth-order valence-corrected chi connectivity index (χ4v) is 28.2. The molecule has 0 heterocycles. The van der Waals surface area contributed by atoms with E-state index >= 15 is 0 Å². The van der Waals surface area contributed by atoms with E-state index in [-0.39, 0.29) is 3.34 Å². The van der Waals surface area contributed by atoms with Crippen LogP contribution in [0.15, 0.2) is 76.9 Å². The van der Waals surface area contributed by atoms with Crippen LogP contribution in [0.25, 0.3) is 0 Å². The van der Waals surface area contributed by atoms with Gasteiger partial charge in [-0.15, -0.1) is 0 Å². The molecule has 0 unspecified atom stereocenters. The van der Waals surface area contributed by atoms with Crippen molar-refractivity contribution in [1.29, 1.82) is 0 Å². The molecule has 3 aromatic rings. The van der Waals surface area contributed by atoms with Crippen molar-refractivity contribution in [3.8, 4) is 0 Å². The molecule has 5 heteroatoms. The van der Waals surface area contributed by atoms with Crippen LogP contribution >= 0.6 is 0 Å². The van der Waals surface area contributed by atoms with Crippen LogP contribution in [0.3, 0.4) is 0 Å². The zero-order chi connectivity index (χ0) is 34.9. The van der Waals surface area contributed by atoms with Crippen LogP contribution in [0.2, 0.25) is 72.7 Å². The monoisotopic (exact) mass is 715 g/mol. The van der Waals surface area contributed by atoms with E-state index in [4.69, 9.17) is 0 Å².